The normalized spacial score (nSPS) is 22.2. The second-order valence-corrected chi connectivity index (χ2v) is 4.39. The van der Waals surface area contributed by atoms with Crippen molar-refractivity contribution in [2.75, 3.05) is 18.9 Å². The van der Waals surface area contributed by atoms with Crippen molar-refractivity contribution in [2.45, 2.75) is 31.9 Å². The molecule has 3 heteroatoms. The SMILES string of the molecule is C[C@@H](NC[C@@H]1CCCO1)c1ccccc1N. The van der Waals surface area contributed by atoms with Crippen molar-refractivity contribution in [3.8, 4) is 0 Å². The van der Waals surface area contributed by atoms with Gasteiger partial charge in [-0.2, -0.15) is 0 Å². The van der Waals surface area contributed by atoms with Crippen molar-refractivity contribution >= 4 is 5.69 Å². The summed E-state index contributed by atoms with van der Waals surface area (Å²) >= 11 is 0. The molecule has 0 aromatic heterocycles. The number of nitrogen functional groups attached to an aromatic ring is 1. The van der Waals surface area contributed by atoms with Gasteiger partial charge in [0.15, 0.2) is 0 Å². The zero-order chi connectivity index (χ0) is 11.4. The summed E-state index contributed by atoms with van der Waals surface area (Å²) in [5.41, 5.74) is 7.96. The van der Waals surface area contributed by atoms with E-state index in [1.807, 2.05) is 18.2 Å². The van der Waals surface area contributed by atoms with Crippen LogP contribution < -0.4 is 11.1 Å². The number of hydrogen-bond acceptors (Lipinski definition) is 3. The zero-order valence-electron chi connectivity index (χ0n) is 9.78. The Balaban J connectivity index is 1.87. The topological polar surface area (TPSA) is 47.3 Å². The quantitative estimate of drug-likeness (QED) is 0.764. The maximum absolute atomic E-state index is 5.93. The van der Waals surface area contributed by atoms with Crippen molar-refractivity contribution in [3.05, 3.63) is 29.8 Å². The third-order valence-corrected chi connectivity index (χ3v) is 3.14. The van der Waals surface area contributed by atoms with E-state index < -0.39 is 0 Å². The molecule has 0 saturated carbocycles. The van der Waals surface area contributed by atoms with Crippen LogP contribution >= 0.6 is 0 Å². The predicted octanol–water partition coefficient (Wildman–Crippen LogP) is 2.10. The second kappa shape index (κ2) is 5.32. The summed E-state index contributed by atoms with van der Waals surface area (Å²) < 4.78 is 5.58. The standard InChI is InChI=1S/C13H20N2O/c1-10(12-6-2-3-7-13(12)14)15-9-11-5-4-8-16-11/h2-3,6-7,10-11,15H,4-5,8-9,14H2,1H3/t10-,11+/m1/s1. The number of anilines is 1. The highest BCUT2D eigenvalue weighted by molar-refractivity contribution is 5.47. The van der Waals surface area contributed by atoms with Gasteiger partial charge < -0.3 is 15.8 Å². The molecular weight excluding hydrogens is 200 g/mol. The van der Waals surface area contributed by atoms with Crippen LogP contribution in [-0.4, -0.2) is 19.3 Å². The van der Waals surface area contributed by atoms with Crippen molar-refractivity contribution < 1.29 is 4.74 Å². The van der Waals surface area contributed by atoms with E-state index in [4.69, 9.17) is 10.5 Å². The van der Waals surface area contributed by atoms with Gasteiger partial charge in [-0.15, -0.1) is 0 Å². The first-order valence-corrected chi connectivity index (χ1v) is 5.97. The number of nitrogens with one attached hydrogen (secondary N) is 1. The first-order valence-electron chi connectivity index (χ1n) is 5.97. The molecule has 0 spiro atoms. The summed E-state index contributed by atoms with van der Waals surface area (Å²) in [6.07, 6.45) is 2.74. The van der Waals surface area contributed by atoms with Crippen LogP contribution in [0.25, 0.3) is 0 Å². The second-order valence-electron chi connectivity index (χ2n) is 4.39. The molecule has 0 unspecified atom stereocenters. The summed E-state index contributed by atoms with van der Waals surface area (Å²) in [5.74, 6) is 0. The molecule has 3 N–H and O–H groups in total. The minimum absolute atomic E-state index is 0.283. The fourth-order valence-corrected chi connectivity index (χ4v) is 2.13. The van der Waals surface area contributed by atoms with Crippen LogP contribution in [0.4, 0.5) is 5.69 Å². The Bertz CT molecular complexity index is 334. The maximum atomic E-state index is 5.93. The minimum atomic E-state index is 0.283. The van der Waals surface area contributed by atoms with Crippen LogP contribution in [0.5, 0.6) is 0 Å². The molecule has 2 rings (SSSR count). The lowest BCUT2D eigenvalue weighted by Crippen LogP contribution is -2.29. The van der Waals surface area contributed by atoms with Gasteiger partial charge in [0.2, 0.25) is 0 Å². The highest BCUT2D eigenvalue weighted by Crippen LogP contribution is 2.20. The molecule has 0 amide bonds. The molecule has 1 aliphatic heterocycles. The molecule has 88 valence electrons. The summed E-state index contributed by atoms with van der Waals surface area (Å²) in [6, 6.07) is 8.29. The van der Waals surface area contributed by atoms with Crippen LogP contribution in [0.1, 0.15) is 31.4 Å². The van der Waals surface area contributed by atoms with E-state index in [1.54, 1.807) is 0 Å². The van der Waals surface area contributed by atoms with Gasteiger partial charge in [-0.1, -0.05) is 18.2 Å². The smallest absolute Gasteiger partial charge is 0.0700 e. The van der Waals surface area contributed by atoms with Gasteiger partial charge in [0.05, 0.1) is 6.10 Å². The van der Waals surface area contributed by atoms with Crippen molar-refractivity contribution in [1.82, 2.24) is 5.32 Å². The number of hydrogen-bond donors (Lipinski definition) is 2. The number of rotatable bonds is 4. The summed E-state index contributed by atoms with van der Waals surface area (Å²) in [4.78, 5) is 0. The molecule has 1 aliphatic rings. The molecule has 1 saturated heterocycles. The predicted molar refractivity (Wildman–Crippen MR) is 66.2 cm³/mol. The molecule has 1 heterocycles. The number of nitrogens with two attached hydrogens (primary N) is 1. The van der Waals surface area contributed by atoms with Gasteiger partial charge in [0.1, 0.15) is 0 Å². The monoisotopic (exact) mass is 220 g/mol. The highest BCUT2D eigenvalue weighted by Gasteiger charge is 2.16. The van der Waals surface area contributed by atoms with Crippen molar-refractivity contribution in [3.63, 3.8) is 0 Å². The average Bonchev–Trinajstić information content (AvgIpc) is 2.79. The van der Waals surface area contributed by atoms with Crippen LogP contribution in [0.2, 0.25) is 0 Å². The molecule has 1 aromatic carbocycles. The summed E-state index contributed by atoms with van der Waals surface area (Å²) in [5, 5.41) is 3.48. The Hall–Kier alpha value is -1.06. The molecule has 16 heavy (non-hydrogen) atoms. The molecule has 0 bridgehead atoms. The Morgan fingerprint density at radius 2 is 2.31 bits per heavy atom. The summed E-state index contributed by atoms with van der Waals surface area (Å²) in [6.45, 7) is 3.96. The lowest BCUT2D eigenvalue weighted by Gasteiger charge is -2.18. The van der Waals surface area contributed by atoms with Crippen molar-refractivity contribution in [2.24, 2.45) is 0 Å². The largest absolute Gasteiger partial charge is 0.398 e. The van der Waals surface area contributed by atoms with Gasteiger partial charge in [-0.25, -0.2) is 0 Å². The van der Waals surface area contributed by atoms with Crippen LogP contribution in [0, 0.1) is 0 Å². The molecule has 1 fully saturated rings. The van der Waals surface area contributed by atoms with Gasteiger partial charge >= 0.3 is 0 Å². The lowest BCUT2D eigenvalue weighted by atomic mass is 10.1. The van der Waals surface area contributed by atoms with Gasteiger partial charge in [0.25, 0.3) is 0 Å². The fourth-order valence-electron chi connectivity index (χ4n) is 2.13. The Kier molecular flexibility index (Phi) is 3.80. The van der Waals surface area contributed by atoms with Crippen molar-refractivity contribution in [1.29, 1.82) is 0 Å². The van der Waals surface area contributed by atoms with E-state index in [2.05, 4.69) is 18.3 Å². The molecule has 2 atom stereocenters. The molecule has 1 aromatic rings. The van der Waals surface area contributed by atoms with E-state index in [0.29, 0.717) is 6.10 Å². The number of benzene rings is 1. The molecule has 0 aliphatic carbocycles. The molecular formula is C13H20N2O. The third-order valence-electron chi connectivity index (χ3n) is 3.14. The fraction of sp³-hybridized carbons (Fsp3) is 0.538. The highest BCUT2D eigenvalue weighted by atomic mass is 16.5. The van der Waals surface area contributed by atoms with Crippen LogP contribution in [-0.2, 0) is 4.74 Å². The minimum Gasteiger partial charge on any atom is -0.398 e. The van der Waals surface area contributed by atoms with Crippen LogP contribution in [0.3, 0.4) is 0 Å². The molecule has 0 radical (unpaired) electrons. The Labute approximate surface area is 97.0 Å². The maximum Gasteiger partial charge on any atom is 0.0700 e. The first kappa shape index (κ1) is 11.4. The summed E-state index contributed by atoms with van der Waals surface area (Å²) in [7, 11) is 0. The van der Waals surface area contributed by atoms with Crippen LogP contribution in [0.15, 0.2) is 24.3 Å². The van der Waals surface area contributed by atoms with Gasteiger partial charge in [0, 0.05) is 24.9 Å². The lowest BCUT2D eigenvalue weighted by molar-refractivity contribution is 0.108. The van der Waals surface area contributed by atoms with E-state index in [9.17, 15) is 0 Å². The van der Waals surface area contributed by atoms with Gasteiger partial charge in [-0.05, 0) is 31.4 Å². The number of para-hydroxylation sites is 1. The van der Waals surface area contributed by atoms with E-state index in [1.165, 1.54) is 18.4 Å². The number of ether oxygens (including phenoxy) is 1. The van der Waals surface area contributed by atoms with E-state index >= 15 is 0 Å². The average molecular weight is 220 g/mol. The third kappa shape index (κ3) is 2.74. The Morgan fingerprint density at radius 1 is 1.50 bits per heavy atom. The molecule has 3 nitrogen and oxygen atoms in total. The van der Waals surface area contributed by atoms with E-state index in [-0.39, 0.29) is 6.04 Å². The van der Waals surface area contributed by atoms with E-state index in [0.717, 1.165) is 18.8 Å². The zero-order valence-corrected chi connectivity index (χ0v) is 9.78. The Morgan fingerprint density at radius 3 is 3.00 bits per heavy atom. The van der Waals surface area contributed by atoms with Gasteiger partial charge in [-0.3, -0.25) is 0 Å². The first-order chi connectivity index (χ1) is 7.77.